The standard InChI is InChI=1S/C20H40NO/c1-4-6-7-8-9-10-11-12-13-14-17-21(3,16-5-2)18-15-20-19-22-20/h5,20H,2,4,6-19H2,1,3H3/q+1. The molecule has 2 unspecified atom stereocenters. The third-order valence-corrected chi connectivity index (χ3v) is 5.01. The zero-order valence-corrected chi connectivity index (χ0v) is 15.3. The van der Waals surface area contributed by atoms with E-state index in [9.17, 15) is 0 Å². The molecule has 0 spiro atoms. The summed E-state index contributed by atoms with van der Waals surface area (Å²) in [6.07, 6.45) is 18.1. The molecular formula is C20H40NO+. The lowest BCUT2D eigenvalue weighted by Crippen LogP contribution is -2.46. The van der Waals surface area contributed by atoms with Gasteiger partial charge in [-0.3, -0.25) is 0 Å². The van der Waals surface area contributed by atoms with Crippen molar-refractivity contribution >= 4 is 0 Å². The summed E-state index contributed by atoms with van der Waals surface area (Å²) in [6, 6.07) is 0. The summed E-state index contributed by atoms with van der Waals surface area (Å²) < 4.78 is 6.50. The molecule has 2 nitrogen and oxygen atoms in total. The molecule has 0 N–H and O–H groups in total. The third-order valence-electron chi connectivity index (χ3n) is 5.01. The van der Waals surface area contributed by atoms with Crippen molar-refractivity contribution in [2.75, 3.05) is 33.3 Å². The van der Waals surface area contributed by atoms with Gasteiger partial charge in [-0.1, -0.05) is 64.9 Å². The first-order valence-corrected chi connectivity index (χ1v) is 9.76. The molecule has 0 amide bonds. The lowest BCUT2D eigenvalue weighted by molar-refractivity contribution is -0.904. The van der Waals surface area contributed by atoms with Crippen LogP contribution in [0, 0.1) is 0 Å². The van der Waals surface area contributed by atoms with Crippen molar-refractivity contribution in [2.45, 2.75) is 83.7 Å². The Morgan fingerprint density at radius 3 is 2.00 bits per heavy atom. The number of epoxide rings is 1. The van der Waals surface area contributed by atoms with Crippen LogP contribution in [-0.2, 0) is 4.74 Å². The molecule has 0 bridgehead atoms. The van der Waals surface area contributed by atoms with Crippen molar-refractivity contribution in [3.05, 3.63) is 12.7 Å². The Hall–Kier alpha value is -0.340. The zero-order valence-electron chi connectivity index (χ0n) is 15.3. The van der Waals surface area contributed by atoms with Crippen LogP contribution in [0.5, 0.6) is 0 Å². The van der Waals surface area contributed by atoms with E-state index >= 15 is 0 Å². The molecule has 0 aliphatic carbocycles. The van der Waals surface area contributed by atoms with Crippen LogP contribution in [-0.4, -0.2) is 43.9 Å². The van der Waals surface area contributed by atoms with Crippen molar-refractivity contribution in [1.82, 2.24) is 0 Å². The average molecular weight is 311 g/mol. The molecule has 22 heavy (non-hydrogen) atoms. The van der Waals surface area contributed by atoms with E-state index in [1.54, 1.807) is 0 Å². The van der Waals surface area contributed by atoms with Gasteiger partial charge in [0.2, 0.25) is 0 Å². The number of unbranched alkanes of at least 4 members (excludes halogenated alkanes) is 9. The Balaban J connectivity index is 1.96. The van der Waals surface area contributed by atoms with Crippen molar-refractivity contribution in [3.63, 3.8) is 0 Å². The van der Waals surface area contributed by atoms with Gasteiger partial charge in [-0.2, -0.15) is 0 Å². The molecule has 0 aromatic heterocycles. The quantitative estimate of drug-likeness (QED) is 0.162. The van der Waals surface area contributed by atoms with E-state index in [4.69, 9.17) is 4.74 Å². The van der Waals surface area contributed by atoms with Crippen LogP contribution < -0.4 is 0 Å². The van der Waals surface area contributed by atoms with E-state index in [0.717, 1.165) is 17.6 Å². The zero-order chi connectivity index (χ0) is 16.1. The highest BCUT2D eigenvalue weighted by molar-refractivity contribution is 4.70. The average Bonchev–Trinajstić information content (AvgIpc) is 3.32. The lowest BCUT2D eigenvalue weighted by Gasteiger charge is -2.33. The van der Waals surface area contributed by atoms with E-state index in [1.165, 1.54) is 83.7 Å². The van der Waals surface area contributed by atoms with Gasteiger partial charge in [-0.05, 0) is 18.9 Å². The van der Waals surface area contributed by atoms with Crippen molar-refractivity contribution in [3.8, 4) is 0 Å². The van der Waals surface area contributed by atoms with E-state index < -0.39 is 0 Å². The molecule has 1 aliphatic rings. The summed E-state index contributed by atoms with van der Waals surface area (Å²) in [6.45, 7) is 10.9. The molecule has 130 valence electrons. The van der Waals surface area contributed by atoms with Gasteiger partial charge in [0.1, 0.15) is 0 Å². The first kappa shape index (κ1) is 19.7. The molecule has 2 atom stereocenters. The number of rotatable bonds is 16. The van der Waals surface area contributed by atoms with Crippen LogP contribution in [0.2, 0.25) is 0 Å². The normalized spacial score (nSPS) is 19.8. The fourth-order valence-corrected chi connectivity index (χ4v) is 3.28. The van der Waals surface area contributed by atoms with Gasteiger partial charge in [0, 0.05) is 6.42 Å². The lowest BCUT2D eigenvalue weighted by atomic mass is 10.1. The summed E-state index contributed by atoms with van der Waals surface area (Å²) in [5, 5.41) is 0. The third kappa shape index (κ3) is 10.4. The summed E-state index contributed by atoms with van der Waals surface area (Å²) in [5.74, 6) is 0. The predicted octanol–water partition coefficient (Wildman–Crippen LogP) is 5.33. The van der Waals surface area contributed by atoms with Gasteiger partial charge in [-0.25, -0.2) is 0 Å². The largest absolute Gasteiger partial charge is 0.373 e. The highest BCUT2D eigenvalue weighted by Gasteiger charge is 2.27. The summed E-state index contributed by atoms with van der Waals surface area (Å²) >= 11 is 0. The number of ether oxygens (including phenoxy) is 1. The molecule has 1 aliphatic heterocycles. The maximum absolute atomic E-state index is 5.35. The molecule has 1 fully saturated rings. The second kappa shape index (κ2) is 12.1. The van der Waals surface area contributed by atoms with Gasteiger partial charge in [0.15, 0.2) is 0 Å². The van der Waals surface area contributed by atoms with Crippen LogP contribution in [0.1, 0.15) is 77.6 Å². The highest BCUT2D eigenvalue weighted by atomic mass is 16.6. The number of hydrogen-bond donors (Lipinski definition) is 0. The number of hydrogen-bond acceptors (Lipinski definition) is 1. The molecule has 0 radical (unpaired) electrons. The van der Waals surface area contributed by atoms with E-state index in [-0.39, 0.29) is 0 Å². The van der Waals surface area contributed by atoms with Crippen molar-refractivity contribution in [2.24, 2.45) is 0 Å². The first-order valence-electron chi connectivity index (χ1n) is 9.76. The SMILES string of the molecule is C=CC[N+](C)(CCCCCCCCCCCC)CCC1CO1. The highest BCUT2D eigenvalue weighted by Crippen LogP contribution is 2.18. The van der Waals surface area contributed by atoms with Crippen LogP contribution in [0.4, 0.5) is 0 Å². The van der Waals surface area contributed by atoms with Crippen LogP contribution >= 0.6 is 0 Å². The maximum atomic E-state index is 5.35. The van der Waals surface area contributed by atoms with Gasteiger partial charge >= 0.3 is 0 Å². The minimum atomic E-state index is 0.565. The Bertz CT molecular complexity index is 275. The molecule has 0 aromatic carbocycles. The van der Waals surface area contributed by atoms with Crippen molar-refractivity contribution in [1.29, 1.82) is 0 Å². The van der Waals surface area contributed by atoms with Gasteiger partial charge < -0.3 is 9.22 Å². The summed E-state index contributed by atoms with van der Waals surface area (Å²) in [5.41, 5.74) is 0. The molecule has 2 heteroatoms. The maximum Gasteiger partial charge on any atom is 0.0969 e. The number of quaternary nitrogens is 1. The number of nitrogens with zero attached hydrogens (tertiary/aromatic N) is 1. The Morgan fingerprint density at radius 1 is 0.955 bits per heavy atom. The van der Waals surface area contributed by atoms with E-state index in [1.807, 2.05) is 0 Å². The second-order valence-corrected chi connectivity index (χ2v) is 7.46. The summed E-state index contributed by atoms with van der Waals surface area (Å²) in [4.78, 5) is 0. The molecule has 1 heterocycles. The smallest absolute Gasteiger partial charge is 0.0969 e. The minimum absolute atomic E-state index is 0.565. The first-order chi connectivity index (χ1) is 10.7. The van der Waals surface area contributed by atoms with Crippen LogP contribution in [0.15, 0.2) is 12.7 Å². The van der Waals surface area contributed by atoms with E-state index in [0.29, 0.717) is 6.10 Å². The second-order valence-electron chi connectivity index (χ2n) is 7.46. The Labute approximate surface area is 139 Å². The van der Waals surface area contributed by atoms with E-state index in [2.05, 4.69) is 26.6 Å². The topological polar surface area (TPSA) is 12.5 Å². The van der Waals surface area contributed by atoms with Gasteiger partial charge in [0.25, 0.3) is 0 Å². The Morgan fingerprint density at radius 2 is 1.50 bits per heavy atom. The fraction of sp³-hybridized carbons (Fsp3) is 0.900. The predicted molar refractivity (Wildman–Crippen MR) is 97.2 cm³/mol. The Kier molecular flexibility index (Phi) is 10.9. The molecule has 0 saturated carbocycles. The van der Waals surface area contributed by atoms with Crippen LogP contribution in [0.3, 0.4) is 0 Å². The molecule has 0 aromatic rings. The van der Waals surface area contributed by atoms with Crippen LogP contribution in [0.25, 0.3) is 0 Å². The molecule has 1 saturated heterocycles. The fourth-order valence-electron chi connectivity index (χ4n) is 3.28. The monoisotopic (exact) mass is 310 g/mol. The molecular weight excluding hydrogens is 270 g/mol. The van der Waals surface area contributed by atoms with Gasteiger partial charge in [-0.15, -0.1) is 0 Å². The number of likely N-dealkylation sites (N-methyl/N-ethyl adjacent to an activating group) is 1. The summed E-state index contributed by atoms with van der Waals surface area (Å²) in [7, 11) is 2.39. The van der Waals surface area contributed by atoms with Crippen molar-refractivity contribution < 1.29 is 9.22 Å². The minimum Gasteiger partial charge on any atom is -0.373 e. The van der Waals surface area contributed by atoms with Gasteiger partial charge in [0.05, 0.1) is 39.4 Å². The molecule has 1 rings (SSSR count).